The number of benzene rings is 1. The van der Waals surface area contributed by atoms with E-state index in [4.69, 9.17) is 9.47 Å². The molecule has 0 saturated carbocycles. The molecule has 7 nitrogen and oxygen atoms in total. The van der Waals surface area contributed by atoms with Gasteiger partial charge < -0.3 is 19.4 Å². The number of hydrogen-bond donors (Lipinski definition) is 1. The van der Waals surface area contributed by atoms with E-state index in [1.54, 1.807) is 42.6 Å². The highest BCUT2D eigenvalue weighted by Crippen LogP contribution is 2.23. The van der Waals surface area contributed by atoms with E-state index in [0.29, 0.717) is 17.0 Å². The van der Waals surface area contributed by atoms with Crippen LogP contribution in [0.5, 0.6) is 5.75 Å². The zero-order valence-electron chi connectivity index (χ0n) is 16.7. The van der Waals surface area contributed by atoms with Gasteiger partial charge in [0.05, 0.1) is 11.3 Å². The molecule has 2 unspecified atom stereocenters. The number of nitrogens with one attached hydrogen (secondary N) is 1. The molecule has 29 heavy (non-hydrogen) atoms. The smallest absolute Gasteiger partial charge is 0.338 e. The van der Waals surface area contributed by atoms with Gasteiger partial charge in [-0.25, -0.2) is 4.79 Å². The van der Waals surface area contributed by atoms with Gasteiger partial charge in [0, 0.05) is 18.3 Å². The lowest BCUT2D eigenvalue weighted by molar-refractivity contribution is -0.139. The first kappa shape index (κ1) is 20.6. The van der Waals surface area contributed by atoms with Gasteiger partial charge in [0.2, 0.25) is 5.78 Å². The van der Waals surface area contributed by atoms with Crippen LogP contribution in [0.25, 0.3) is 0 Å². The molecule has 1 saturated heterocycles. The molecular weight excluding hydrogens is 372 g/mol. The second-order valence-electron chi connectivity index (χ2n) is 7.33. The molecule has 154 valence electrons. The molecule has 1 aliphatic rings. The minimum absolute atomic E-state index is 0.0315. The largest absolute Gasteiger partial charge is 0.484 e. The van der Waals surface area contributed by atoms with Gasteiger partial charge in [-0.2, -0.15) is 0 Å². The lowest BCUT2D eigenvalue weighted by Crippen LogP contribution is -2.49. The Morgan fingerprint density at radius 3 is 2.34 bits per heavy atom. The Balaban J connectivity index is 1.48. The first-order valence-electron chi connectivity index (χ1n) is 9.83. The summed E-state index contributed by atoms with van der Waals surface area (Å²) in [4.78, 5) is 41.1. The van der Waals surface area contributed by atoms with Crippen LogP contribution in [0, 0.1) is 0 Å². The topological polar surface area (TPSA) is 88.7 Å². The number of likely N-dealkylation sites (tertiary alicyclic amines) is 1. The summed E-state index contributed by atoms with van der Waals surface area (Å²) in [6, 6.07) is 10.1. The summed E-state index contributed by atoms with van der Waals surface area (Å²) in [5.41, 5.74) is 0.699. The predicted molar refractivity (Wildman–Crippen MR) is 107 cm³/mol. The third-order valence-corrected chi connectivity index (χ3v) is 5.17. The highest BCUT2D eigenvalue weighted by atomic mass is 16.5. The fraction of sp³-hybridized carbons (Fsp3) is 0.409. The molecule has 0 bridgehead atoms. The van der Waals surface area contributed by atoms with E-state index >= 15 is 0 Å². The molecular formula is C22H26N2O5. The summed E-state index contributed by atoms with van der Waals surface area (Å²) >= 11 is 0. The van der Waals surface area contributed by atoms with E-state index in [0.717, 1.165) is 19.3 Å². The quantitative estimate of drug-likeness (QED) is 0.571. The number of piperidine rings is 1. The SMILES string of the molecule is CC1CCCC(C)N1C(=O)COc1ccc(C(=O)OCC(=O)c2ccc[nH]2)cc1. The molecule has 1 amide bonds. The first-order valence-corrected chi connectivity index (χ1v) is 9.83. The number of amides is 1. The van der Waals surface area contributed by atoms with Crippen molar-refractivity contribution in [3.63, 3.8) is 0 Å². The van der Waals surface area contributed by atoms with Crippen LogP contribution in [0.2, 0.25) is 0 Å². The lowest BCUT2D eigenvalue weighted by Gasteiger charge is -2.38. The number of rotatable bonds is 7. The van der Waals surface area contributed by atoms with E-state index in [-0.39, 0.29) is 37.0 Å². The van der Waals surface area contributed by atoms with Crippen molar-refractivity contribution in [1.29, 1.82) is 0 Å². The van der Waals surface area contributed by atoms with E-state index in [2.05, 4.69) is 18.8 Å². The number of aromatic nitrogens is 1. The standard InChI is InChI=1S/C22H26N2O5/c1-15-5-3-6-16(2)24(15)21(26)14-28-18-10-8-17(9-11-18)22(27)29-13-20(25)19-7-4-12-23-19/h4,7-12,15-16,23H,3,5-6,13-14H2,1-2H3. The molecule has 2 aromatic rings. The summed E-state index contributed by atoms with van der Waals surface area (Å²) in [7, 11) is 0. The maximum absolute atomic E-state index is 12.5. The van der Waals surface area contributed by atoms with Crippen molar-refractivity contribution in [2.45, 2.75) is 45.2 Å². The van der Waals surface area contributed by atoms with Gasteiger partial charge >= 0.3 is 5.97 Å². The molecule has 0 spiro atoms. The number of ether oxygens (including phenoxy) is 2. The average Bonchev–Trinajstić information content (AvgIpc) is 3.25. The molecule has 3 rings (SSSR count). The monoisotopic (exact) mass is 398 g/mol. The Morgan fingerprint density at radius 1 is 1.03 bits per heavy atom. The Labute approximate surface area is 170 Å². The minimum Gasteiger partial charge on any atom is -0.484 e. The molecule has 2 heterocycles. The van der Waals surface area contributed by atoms with Crippen LogP contribution >= 0.6 is 0 Å². The van der Waals surface area contributed by atoms with Gasteiger partial charge in [-0.15, -0.1) is 0 Å². The number of ketones is 1. The summed E-state index contributed by atoms with van der Waals surface area (Å²) < 4.78 is 10.6. The zero-order chi connectivity index (χ0) is 20.8. The van der Waals surface area contributed by atoms with Crippen LogP contribution in [-0.4, -0.2) is 52.8 Å². The van der Waals surface area contributed by atoms with Gasteiger partial charge in [-0.1, -0.05) is 0 Å². The summed E-state index contributed by atoms with van der Waals surface area (Å²) in [5, 5.41) is 0. The number of nitrogens with zero attached hydrogens (tertiary/aromatic N) is 1. The Hall–Kier alpha value is -3.09. The number of H-pyrrole nitrogens is 1. The van der Waals surface area contributed by atoms with Crippen molar-refractivity contribution in [2.75, 3.05) is 13.2 Å². The van der Waals surface area contributed by atoms with Gasteiger partial charge in [-0.05, 0) is 69.5 Å². The number of esters is 1. The Kier molecular flexibility index (Phi) is 6.69. The fourth-order valence-electron chi connectivity index (χ4n) is 3.62. The van der Waals surface area contributed by atoms with Crippen LogP contribution in [-0.2, 0) is 9.53 Å². The van der Waals surface area contributed by atoms with Crippen LogP contribution in [0.1, 0.15) is 54.0 Å². The highest BCUT2D eigenvalue weighted by molar-refractivity contribution is 5.98. The number of hydrogen-bond acceptors (Lipinski definition) is 5. The van der Waals surface area contributed by atoms with E-state index in [9.17, 15) is 14.4 Å². The molecule has 2 atom stereocenters. The van der Waals surface area contributed by atoms with Crippen LogP contribution in [0.3, 0.4) is 0 Å². The maximum Gasteiger partial charge on any atom is 0.338 e. The van der Waals surface area contributed by atoms with Gasteiger partial charge in [0.15, 0.2) is 13.2 Å². The average molecular weight is 398 g/mol. The number of Topliss-reactive ketones (excluding diaryl/α,β-unsaturated/α-hetero) is 1. The fourth-order valence-corrected chi connectivity index (χ4v) is 3.62. The molecule has 1 fully saturated rings. The van der Waals surface area contributed by atoms with E-state index < -0.39 is 5.97 Å². The number of carbonyl (C=O) groups excluding carboxylic acids is 3. The molecule has 1 aromatic heterocycles. The summed E-state index contributed by atoms with van der Waals surface area (Å²) in [6.07, 6.45) is 4.80. The van der Waals surface area contributed by atoms with E-state index in [1.165, 1.54) is 0 Å². The molecule has 1 aromatic carbocycles. The molecule has 7 heteroatoms. The zero-order valence-corrected chi connectivity index (χ0v) is 16.7. The van der Waals surface area contributed by atoms with Crippen LogP contribution in [0.4, 0.5) is 0 Å². The third-order valence-electron chi connectivity index (χ3n) is 5.17. The Bertz CT molecular complexity index is 835. The van der Waals surface area contributed by atoms with Crippen molar-refractivity contribution in [3.8, 4) is 5.75 Å². The van der Waals surface area contributed by atoms with Crippen molar-refractivity contribution >= 4 is 17.7 Å². The second kappa shape index (κ2) is 9.41. The highest BCUT2D eigenvalue weighted by Gasteiger charge is 2.29. The van der Waals surface area contributed by atoms with Gasteiger partial charge in [0.25, 0.3) is 5.91 Å². The second-order valence-corrected chi connectivity index (χ2v) is 7.33. The van der Waals surface area contributed by atoms with Gasteiger partial charge in [0.1, 0.15) is 5.75 Å². The number of carbonyl (C=O) groups is 3. The Morgan fingerprint density at radius 2 is 1.72 bits per heavy atom. The minimum atomic E-state index is -0.594. The predicted octanol–water partition coefficient (Wildman–Crippen LogP) is 3.22. The summed E-state index contributed by atoms with van der Waals surface area (Å²) in [5.74, 6) is -0.433. The number of aromatic amines is 1. The maximum atomic E-state index is 12.5. The van der Waals surface area contributed by atoms with Crippen molar-refractivity contribution in [2.24, 2.45) is 0 Å². The molecule has 0 radical (unpaired) electrons. The molecule has 1 N–H and O–H groups in total. The van der Waals surface area contributed by atoms with Crippen molar-refractivity contribution in [3.05, 3.63) is 53.9 Å². The third kappa shape index (κ3) is 5.25. The first-order chi connectivity index (χ1) is 14.0. The van der Waals surface area contributed by atoms with Crippen molar-refractivity contribution < 1.29 is 23.9 Å². The summed E-state index contributed by atoms with van der Waals surface area (Å²) in [6.45, 7) is 3.75. The van der Waals surface area contributed by atoms with Gasteiger partial charge in [-0.3, -0.25) is 9.59 Å². The van der Waals surface area contributed by atoms with Crippen molar-refractivity contribution in [1.82, 2.24) is 9.88 Å². The molecule has 1 aliphatic heterocycles. The van der Waals surface area contributed by atoms with Crippen LogP contribution < -0.4 is 4.74 Å². The molecule has 0 aliphatic carbocycles. The lowest BCUT2D eigenvalue weighted by atomic mass is 9.97. The van der Waals surface area contributed by atoms with E-state index in [1.807, 2.05) is 4.90 Å². The normalized spacial score (nSPS) is 18.9. The van der Waals surface area contributed by atoms with Crippen LogP contribution in [0.15, 0.2) is 42.6 Å².